The molecule has 2 nitrogen and oxygen atoms in total. The molecule has 2 rings (SSSR count). The first kappa shape index (κ1) is 13.4. The summed E-state index contributed by atoms with van der Waals surface area (Å²) in [5.74, 6) is 1.04. The predicted molar refractivity (Wildman–Crippen MR) is 74.3 cm³/mol. The minimum absolute atomic E-state index is 0.817. The number of nitrogens with zero attached hydrogens (tertiary/aromatic N) is 1. The number of hydrogen-bond acceptors (Lipinski definition) is 2. The first-order valence-electron chi connectivity index (χ1n) is 7.85. The third-order valence-corrected chi connectivity index (χ3v) is 4.74. The Balaban J connectivity index is 1.70. The molecule has 17 heavy (non-hydrogen) atoms. The quantitative estimate of drug-likeness (QED) is 0.792. The molecule has 100 valence electrons. The molecule has 2 heteroatoms. The van der Waals surface area contributed by atoms with E-state index in [1.165, 1.54) is 77.5 Å². The van der Waals surface area contributed by atoms with Crippen LogP contribution < -0.4 is 5.32 Å². The lowest BCUT2D eigenvalue weighted by atomic mass is 9.87. The molecule has 0 spiro atoms. The third kappa shape index (κ3) is 4.26. The molecular weight excluding hydrogens is 208 g/mol. The van der Waals surface area contributed by atoms with E-state index in [2.05, 4.69) is 17.1 Å². The largest absolute Gasteiger partial charge is 0.315 e. The van der Waals surface area contributed by atoms with Crippen molar-refractivity contribution in [1.29, 1.82) is 0 Å². The molecule has 1 unspecified atom stereocenters. The lowest BCUT2D eigenvalue weighted by Crippen LogP contribution is -2.46. The topological polar surface area (TPSA) is 15.3 Å². The van der Waals surface area contributed by atoms with Crippen LogP contribution in [0.15, 0.2) is 0 Å². The number of likely N-dealkylation sites (N-methyl/N-ethyl adjacent to an activating group) is 1. The highest BCUT2D eigenvalue weighted by Gasteiger charge is 2.21. The second-order valence-corrected chi connectivity index (χ2v) is 5.92. The Morgan fingerprint density at radius 1 is 1.06 bits per heavy atom. The van der Waals surface area contributed by atoms with Gasteiger partial charge in [-0.3, -0.25) is 4.90 Å². The summed E-state index contributed by atoms with van der Waals surface area (Å²) in [5, 5.41) is 3.55. The van der Waals surface area contributed by atoms with Gasteiger partial charge < -0.3 is 5.32 Å². The molecular formula is C15H30N2. The Morgan fingerprint density at radius 3 is 2.53 bits per heavy atom. The second kappa shape index (κ2) is 7.38. The first-order chi connectivity index (χ1) is 8.40. The monoisotopic (exact) mass is 238 g/mol. The summed E-state index contributed by atoms with van der Waals surface area (Å²) in [6.07, 6.45) is 11.7. The Kier molecular flexibility index (Phi) is 5.79. The Bertz CT molecular complexity index is 193. The van der Waals surface area contributed by atoms with Crippen molar-refractivity contribution in [3.63, 3.8) is 0 Å². The van der Waals surface area contributed by atoms with Gasteiger partial charge in [-0.15, -0.1) is 0 Å². The van der Waals surface area contributed by atoms with Gasteiger partial charge in [0.2, 0.25) is 0 Å². The Labute approximate surface area is 107 Å². The second-order valence-electron chi connectivity index (χ2n) is 5.92. The maximum atomic E-state index is 3.55. The summed E-state index contributed by atoms with van der Waals surface area (Å²) in [6.45, 7) is 7.36. The van der Waals surface area contributed by atoms with Crippen LogP contribution in [0.3, 0.4) is 0 Å². The smallest absolute Gasteiger partial charge is 0.0220 e. The molecule has 0 aromatic heterocycles. The van der Waals surface area contributed by atoms with Gasteiger partial charge in [0.1, 0.15) is 0 Å². The summed E-state index contributed by atoms with van der Waals surface area (Å²) in [4.78, 5) is 2.72. The van der Waals surface area contributed by atoms with Gasteiger partial charge in [-0.25, -0.2) is 0 Å². The minimum Gasteiger partial charge on any atom is -0.315 e. The first-order valence-corrected chi connectivity index (χ1v) is 7.85. The lowest BCUT2D eigenvalue weighted by molar-refractivity contribution is 0.157. The van der Waals surface area contributed by atoms with E-state index in [0.717, 1.165) is 12.0 Å². The van der Waals surface area contributed by atoms with Crippen LogP contribution in [-0.4, -0.2) is 37.1 Å². The molecule has 0 bridgehead atoms. The van der Waals surface area contributed by atoms with Gasteiger partial charge in [-0.1, -0.05) is 39.0 Å². The van der Waals surface area contributed by atoms with Crippen LogP contribution in [0.2, 0.25) is 0 Å². The fraction of sp³-hybridized carbons (Fsp3) is 1.00. The highest BCUT2D eigenvalue weighted by atomic mass is 15.2. The van der Waals surface area contributed by atoms with Crippen molar-refractivity contribution in [3.8, 4) is 0 Å². The van der Waals surface area contributed by atoms with Gasteiger partial charge >= 0.3 is 0 Å². The van der Waals surface area contributed by atoms with E-state index in [0.29, 0.717) is 0 Å². The molecule has 0 amide bonds. The molecule has 1 aliphatic heterocycles. The SMILES string of the molecule is CCN(CCC1CCCCC1)C1CCCNC1. The summed E-state index contributed by atoms with van der Waals surface area (Å²) in [6, 6.07) is 0.817. The van der Waals surface area contributed by atoms with E-state index in [9.17, 15) is 0 Å². The fourth-order valence-electron chi connectivity index (χ4n) is 3.57. The molecule has 1 saturated carbocycles. The van der Waals surface area contributed by atoms with Crippen LogP contribution in [0.1, 0.15) is 58.3 Å². The van der Waals surface area contributed by atoms with Crippen molar-refractivity contribution in [2.24, 2.45) is 5.92 Å². The summed E-state index contributed by atoms with van der Waals surface area (Å²) < 4.78 is 0. The summed E-state index contributed by atoms with van der Waals surface area (Å²) >= 11 is 0. The fourth-order valence-corrected chi connectivity index (χ4v) is 3.57. The molecule has 1 atom stereocenters. The van der Waals surface area contributed by atoms with E-state index in [-0.39, 0.29) is 0 Å². The molecule has 1 aliphatic carbocycles. The average Bonchev–Trinajstić information content (AvgIpc) is 2.42. The maximum absolute atomic E-state index is 3.55. The standard InChI is InChI=1S/C15H30N2/c1-2-17(15-9-6-11-16-13-15)12-10-14-7-4-3-5-8-14/h14-16H,2-13H2,1H3. The third-order valence-electron chi connectivity index (χ3n) is 4.74. The number of nitrogens with one attached hydrogen (secondary N) is 1. The molecule has 1 saturated heterocycles. The highest BCUT2D eigenvalue weighted by molar-refractivity contribution is 4.78. The number of rotatable bonds is 5. The van der Waals surface area contributed by atoms with Gasteiger partial charge in [0.15, 0.2) is 0 Å². The van der Waals surface area contributed by atoms with Crippen LogP contribution >= 0.6 is 0 Å². The number of piperidine rings is 1. The van der Waals surface area contributed by atoms with E-state index in [1.54, 1.807) is 0 Å². The highest BCUT2D eigenvalue weighted by Crippen LogP contribution is 2.26. The predicted octanol–water partition coefficient (Wildman–Crippen LogP) is 3.03. The molecule has 2 aliphatic rings. The van der Waals surface area contributed by atoms with Crippen LogP contribution in [0.25, 0.3) is 0 Å². The van der Waals surface area contributed by atoms with Gasteiger partial charge in [0, 0.05) is 12.6 Å². The molecule has 1 heterocycles. The normalized spacial score (nSPS) is 27.5. The zero-order valence-corrected chi connectivity index (χ0v) is 11.6. The van der Waals surface area contributed by atoms with E-state index in [4.69, 9.17) is 0 Å². The average molecular weight is 238 g/mol. The lowest BCUT2D eigenvalue weighted by Gasteiger charge is -2.35. The zero-order chi connectivity index (χ0) is 11.9. The van der Waals surface area contributed by atoms with Crippen molar-refractivity contribution < 1.29 is 0 Å². The Morgan fingerprint density at radius 2 is 1.88 bits per heavy atom. The molecule has 0 aromatic rings. The van der Waals surface area contributed by atoms with Gasteiger partial charge in [-0.05, 0) is 44.8 Å². The van der Waals surface area contributed by atoms with Crippen LogP contribution in [-0.2, 0) is 0 Å². The zero-order valence-electron chi connectivity index (χ0n) is 11.6. The molecule has 0 radical (unpaired) electrons. The van der Waals surface area contributed by atoms with E-state index < -0.39 is 0 Å². The van der Waals surface area contributed by atoms with Crippen molar-refractivity contribution in [1.82, 2.24) is 10.2 Å². The van der Waals surface area contributed by atoms with Crippen molar-refractivity contribution in [2.45, 2.75) is 64.3 Å². The van der Waals surface area contributed by atoms with Crippen LogP contribution in [0, 0.1) is 5.92 Å². The summed E-state index contributed by atoms with van der Waals surface area (Å²) in [5.41, 5.74) is 0. The Hall–Kier alpha value is -0.0800. The molecule has 1 N–H and O–H groups in total. The number of hydrogen-bond donors (Lipinski definition) is 1. The van der Waals surface area contributed by atoms with Crippen molar-refractivity contribution >= 4 is 0 Å². The minimum atomic E-state index is 0.817. The van der Waals surface area contributed by atoms with Gasteiger partial charge in [0.05, 0.1) is 0 Å². The summed E-state index contributed by atoms with van der Waals surface area (Å²) in [7, 11) is 0. The van der Waals surface area contributed by atoms with Gasteiger partial charge in [-0.2, -0.15) is 0 Å². The van der Waals surface area contributed by atoms with E-state index in [1.807, 2.05) is 0 Å². The van der Waals surface area contributed by atoms with Crippen LogP contribution in [0.5, 0.6) is 0 Å². The maximum Gasteiger partial charge on any atom is 0.0220 e. The molecule has 2 fully saturated rings. The molecule has 0 aromatic carbocycles. The van der Waals surface area contributed by atoms with Gasteiger partial charge in [0.25, 0.3) is 0 Å². The van der Waals surface area contributed by atoms with Crippen molar-refractivity contribution in [3.05, 3.63) is 0 Å². The van der Waals surface area contributed by atoms with E-state index >= 15 is 0 Å². The van der Waals surface area contributed by atoms with Crippen LogP contribution in [0.4, 0.5) is 0 Å². The van der Waals surface area contributed by atoms with Crippen molar-refractivity contribution in [2.75, 3.05) is 26.2 Å².